The summed E-state index contributed by atoms with van der Waals surface area (Å²) in [5.74, 6) is -1.77. The Labute approximate surface area is 85.3 Å². The number of aliphatic hydroxyl groups excluding tert-OH is 1. The minimum atomic E-state index is -0.912. The van der Waals surface area contributed by atoms with Crippen molar-refractivity contribution in [2.45, 2.75) is 0 Å². The van der Waals surface area contributed by atoms with E-state index >= 15 is 0 Å². The molecule has 1 aromatic rings. The van der Waals surface area contributed by atoms with Crippen LogP contribution in [0.2, 0.25) is 5.02 Å². The Hall–Kier alpha value is -1.13. The molecular weight excluding hydrogens is 209 g/mol. The monoisotopic (exact) mass is 216 g/mol. The Morgan fingerprint density at radius 3 is 2.79 bits per heavy atom. The van der Waals surface area contributed by atoms with Crippen LogP contribution >= 0.6 is 11.6 Å². The van der Waals surface area contributed by atoms with Gasteiger partial charge in [0.2, 0.25) is 0 Å². The molecule has 0 saturated heterocycles. The van der Waals surface area contributed by atoms with Crippen LogP contribution in [-0.2, 0) is 0 Å². The summed E-state index contributed by atoms with van der Waals surface area (Å²) in [7, 11) is 0. The van der Waals surface area contributed by atoms with Gasteiger partial charge in [-0.2, -0.15) is 0 Å². The molecule has 1 rings (SSSR count). The molecule has 0 aliphatic rings. The maximum Gasteiger partial charge on any atom is 0.252 e. The lowest BCUT2D eigenvalue weighted by atomic mass is 10.0. The van der Waals surface area contributed by atoms with Gasteiger partial charge in [0, 0.05) is 6.42 Å². The lowest BCUT2D eigenvalue weighted by Gasteiger charge is -2.06. The van der Waals surface area contributed by atoms with Crippen LogP contribution in [0, 0.1) is 12.2 Å². The predicted molar refractivity (Wildman–Crippen MR) is 50.4 cm³/mol. The van der Waals surface area contributed by atoms with E-state index in [4.69, 9.17) is 22.4 Å². The number of aliphatic hydroxyl groups is 1. The molecule has 1 radical (unpaired) electrons. The molecule has 0 aliphatic heterocycles. The fourth-order valence-corrected chi connectivity index (χ4v) is 1.24. The van der Waals surface area contributed by atoms with Gasteiger partial charge in [0.25, 0.3) is 5.91 Å². The molecule has 0 spiro atoms. The van der Waals surface area contributed by atoms with E-state index in [0.717, 1.165) is 0 Å². The Morgan fingerprint density at radius 1 is 1.64 bits per heavy atom. The maximum absolute atomic E-state index is 13.3. The van der Waals surface area contributed by atoms with Gasteiger partial charge in [0.15, 0.2) is 5.82 Å². The van der Waals surface area contributed by atoms with Crippen molar-refractivity contribution >= 4 is 17.5 Å². The summed E-state index contributed by atoms with van der Waals surface area (Å²) in [6.45, 7) is -0.304. The molecule has 0 heterocycles. The quantitative estimate of drug-likeness (QED) is 0.796. The van der Waals surface area contributed by atoms with Crippen LogP contribution in [-0.4, -0.2) is 17.6 Å². The van der Waals surface area contributed by atoms with Crippen LogP contribution in [0.25, 0.3) is 0 Å². The summed E-state index contributed by atoms with van der Waals surface area (Å²) < 4.78 is 13.3. The fourth-order valence-electron chi connectivity index (χ4n) is 1.08. The first-order valence-electron chi connectivity index (χ1n) is 3.79. The number of primary amides is 1. The molecule has 3 N–H and O–H groups in total. The van der Waals surface area contributed by atoms with Crippen LogP contribution in [0.1, 0.15) is 15.9 Å². The van der Waals surface area contributed by atoms with Crippen molar-refractivity contribution in [3.8, 4) is 0 Å². The van der Waals surface area contributed by atoms with Gasteiger partial charge in [-0.05, 0) is 11.6 Å². The van der Waals surface area contributed by atoms with Gasteiger partial charge in [-0.25, -0.2) is 4.39 Å². The number of nitrogens with two attached hydrogens (primary N) is 1. The smallest absolute Gasteiger partial charge is 0.252 e. The zero-order valence-electron chi connectivity index (χ0n) is 7.13. The normalized spacial score (nSPS) is 10.2. The highest BCUT2D eigenvalue weighted by molar-refractivity contribution is 6.31. The van der Waals surface area contributed by atoms with Gasteiger partial charge < -0.3 is 10.8 Å². The molecule has 0 fully saturated rings. The molecule has 75 valence electrons. The van der Waals surface area contributed by atoms with Crippen molar-refractivity contribution in [1.29, 1.82) is 0 Å². The Balaban J connectivity index is 3.30. The van der Waals surface area contributed by atoms with Gasteiger partial charge >= 0.3 is 0 Å². The third-order valence-corrected chi connectivity index (χ3v) is 1.98. The van der Waals surface area contributed by atoms with Crippen molar-refractivity contribution in [3.05, 3.63) is 40.5 Å². The van der Waals surface area contributed by atoms with E-state index in [2.05, 4.69) is 0 Å². The molecule has 1 amide bonds. The van der Waals surface area contributed by atoms with Gasteiger partial charge in [-0.3, -0.25) is 4.79 Å². The van der Waals surface area contributed by atoms with Gasteiger partial charge in [-0.1, -0.05) is 17.7 Å². The number of rotatable bonds is 3. The number of hydrogen-bond donors (Lipinski definition) is 2. The zero-order valence-corrected chi connectivity index (χ0v) is 7.88. The third kappa shape index (κ3) is 2.02. The number of hydrogen-bond acceptors (Lipinski definition) is 2. The minimum absolute atomic E-state index is 0.172. The lowest BCUT2D eigenvalue weighted by Crippen LogP contribution is -2.16. The first kappa shape index (κ1) is 10.9. The Morgan fingerprint density at radius 2 is 2.29 bits per heavy atom. The van der Waals surface area contributed by atoms with Gasteiger partial charge in [-0.15, -0.1) is 0 Å². The molecule has 0 saturated carbocycles. The summed E-state index contributed by atoms with van der Waals surface area (Å²) in [5, 5.41) is 8.45. The standard InChI is InChI=1S/C9H8ClFNO2/c10-6-2-1-5(3-4-13)7(8(6)11)9(12)14/h1-3,13H,4H2,(H2,12,14). The first-order valence-corrected chi connectivity index (χ1v) is 4.17. The number of carbonyl (C=O) groups excluding carboxylic acids is 1. The van der Waals surface area contributed by atoms with E-state index in [1.165, 1.54) is 18.6 Å². The van der Waals surface area contributed by atoms with E-state index in [9.17, 15) is 9.18 Å². The topological polar surface area (TPSA) is 63.3 Å². The molecule has 0 aromatic heterocycles. The average Bonchev–Trinajstić information content (AvgIpc) is 2.11. The number of halogens is 2. The molecule has 3 nitrogen and oxygen atoms in total. The van der Waals surface area contributed by atoms with Crippen LogP contribution in [0.5, 0.6) is 0 Å². The second-order valence-corrected chi connectivity index (χ2v) is 2.98. The SMILES string of the molecule is NC(=O)c1c([CH]CO)ccc(Cl)c1F. The fraction of sp³-hybridized carbons (Fsp3) is 0.111. The van der Waals surface area contributed by atoms with E-state index in [0.29, 0.717) is 0 Å². The second kappa shape index (κ2) is 4.39. The van der Waals surface area contributed by atoms with Crippen LogP contribution in [0.15, 0.2) is 12.1 Å². The van der Waals surface area contributed by atoms with Crippen molar-refractivity contribution in [2.75, 3.05) is 6.61 Å². The summed E-state index contributed by atoms with van der Waals surface area (Å²) in [6, 6.07) is 2.71. The predicted octanol–water partition coefficient (Wildman–Crippen LogP) is 1.12. The molecule has 0 bridgehead atoms. The summed E-state index contributed by atoms with van der Waals surface area (Å²) in [4.78, 5) is 10.9. The molecule has 0 aliphatic carbocycles. The first-order chi connectivity index (χ1) is 6.57. The van der Waals surface area contributed by atoms with Gasteiger partial charge in [0.1, 0.15) is 0 Å². The number of amides is 1. The van der Waals surface area contributed by atoms with E-state index in [-0.39, 0.29) is 22.8 Å². The highest BCUT2D eigenvalue weighted by Crippen LogP contribution is 2.22. The molecular formula is C9H8ClFNO2. The van der Waals surface area contributed by atoms with Crippen LogP contribution < -0.4 is 5.73 Å². The lowest BCUT2D eigenvalue weighted by molar-refractivity contribution is 0.0996. The largest absolute Gasteiger partial charge is 0.396 e. The highest BCUT2D eigenvalue weighted by Gasteiger charge is 2.16. The highest BCUT2D eigenvalue weighted by atomic mass is 35.5. The molecule has 14 heavy (non-hydrogen) atoms. The van der Waals surface area contributed by atoms with Crippen molar-refractivity contribution < 1.29 is 14.3 Å². The second-order valence-electron chi connectivity index (χ2n) is 2.58. The minimum Gasteiger partial charge on any atom is -0.396 e. The summed E-state index contributed by atoms with van der Waals surface area (Å²) in [5.41, 5.74) is 4.91. The van der Waals surface area contributed by atoms with Crippen molar-refractivity contribution in [2.24, 2.45) is 5.73 Å². The average molecular weight is 217 g/mol. The molecule has 0 unspecified atom stereocenters. The maximum atomic E-state index is 13.3. The molecule has 1 aromatic carbocycles. The number of benzene rings is 1. The summed E-state index contributed by atoms with van der Waals surface area (Å²) >= 11 is 5.47. The van der Waals surface area contributed by atoms with E-state index in [1.54, 1.807) is 0 Å². The van der Waals surface area contributed by atoms with Gasteiger partial charge in [0.05, 0.1) is 17.2 Å². The van der Waals surface area contributed by atoms with Crippen LogP contribution in [0.3, 0.4) is 0 Å². The molecule has 5 heteroatoms. The third-order valence-electron chi connectivity index (χ3n) is 1.68. The van der Waals surface area contributed by atoms with E-state index in [1.807, 2.05) is 0 Å². The Kier molecular flexibility index (Phi) is 3.43. The van der Waals surface area contributed by atoms with Crippen molar-refractivity contribution in [1.82, 2.24) is 0 Å². The van der Waals surface area contributed by atoms with E-state index < -0.39 is 11.7 Å². The summed E-state index contributed by atoms with van der Waals surface area (Å²) in [6.07, 6.45) is 1.28. The number of carbonyl (C=O) groups is 1. The Bertz CT molecular complexity index is 368. The van der Waals surface area contributed by atoms with Crippen molar-refractivity contribution in [3.63, 3.8) is 0 Å². The molecule has 0 atom stereocenters. The van der Waals surface area contributed by atoms with Crippen LogP contribution in [0.4, 0.5) is 4.39 Å². The zero-order chi connectivity index (χ0) is 10.7.